The number of hydrogen-bond acceptors (Lipinski definition) is 5. The maximum Gasteiger partial charge on any atom is 0.245 e. The monoisotopic (exact) mass is 714 g/mol. The summed E-state index contributed by atoms with van der Waals surface area (Å²) in [6.07, 6.45) is 9.34. The fourth-order valence-corrected chi connectivity index (χ4v) is 8.87. The van der Waals surface area contributed by atoms with Gasteiger partial charge in [-0.15, -0.1) is 11.8 Å². The molecule has 2 unspecified atom stereocenters. The van der Waals surface area contributed by atoms with Gasteiger partial charge in [0, 0.05) is 38.5 Å². The molecule has 9 nitrogen and oxygen atoms in total. The first-order valence-electron chi connectivity index (χ1n) is 18.7. The molecule has 51 heavy (non-hydrogen) atoms. The Morgan fingerprint density at radius 3 is 2.43 bits per heavy atom. The lowest BCUT2D eigenvalue weighted by molar-refractivity contribution is -0.368. The summed E-state index contributed by atoms with van der Waals surface area (Å²) in [6, 6.07) is 23.4. The number of thioether (sulfide) groups is 1. The number of amides is 4. The van der Waals surface area contributed by atoms with E-state index in [0.717, 1.165) is 47.7 Å². The number of nitrogens with zero attached hydrogens (tertiary/aromatic N) is 1. The van der Waals surface area contributed by atoms with Gasteiger partial charge in [0.1, 0.15) is 6.04 Å². The first-order chi connectivity index (χ1) is 24.7. The second kappa shape index (κ2) is 18.0. The lowest BCUT2D eigenvalue weighted by Crippen LogP contribution is -2.59. The van der Waals surface area contributed by atoms with Gasteiger partial charge < -0.3 is 26.6 Å². The van der Waals surface area contributed by atoms with Crippen LogP contribution in [-0.2, 0) is 32.0 Å². The number of carbonyl (C=O) groups is 4. The first kappa shape index (κ1) is 38.3. The maximum absolute atomic E-state index is 14.7. The van der Waals surface area contributed by atoms with Crippen molar-refractivity contribution < 1.29 is 24.9 Å². The Morgan fingerprint density at radius 1 is 0.922 bits per heavy atom. The van der Waals surface area contributed by atoms with E-state index in [9.17, 15) is 19.2 Å². The average Bonchev–Trinajstić information content (AvgIpc) is 3.57. The van der Waals surface area contributed by atoms with Crippen molar-refractivity contribution in [2.75, 3.05) is 32.4 Å². The van der Waals surface area contributed by atoms with Crippen molar-refractivity contribution in [3.63, 3.8) is 0 Å². The van der Waals surface area contributed by atoms with Crippen molar-refractivity contribution in [1.29, 1.82) is 0 Å². The van der Waals surface area contributed by atoms with Crippen molar-refractivity contribution in [3.8, 4) is 0 Å². The number of rotatable bonds is 16. The Balaban J connectivity index is 1.37. The minimum absolute atomic E-state index is 0.0296. The topological polar surface area (TPSA) is 135 Å². The van der Waals surface area contributed by atoms with Crippen LogP contribution in [-0.4, -0.2) is 77.8 Å². The fourth-order valence-electron chi connectivity index (χ4n) is 7.93. The Morgan fingerprint density at radius 2 is 1.69 bits per heavy atom. The summed E-state index contributed by atoms with van der Waals surface area (Å²) >= 11 is 1.50. The van der Waals surface area contributed by atoms with Crippen LogP contribution in [0.25, 0.3) is 10.8 Å². The molecule has 6 N–H and O–H groups in total. The molecular weight excluding hydrogens is 659 g/mol. The summed E-state index contributed by atoms with van der Waals surface area (Å²) in [5.41, 5.74) is 5.12. The molecule has 5 rings (SSSR count). The molecule has 4 atom stereocenters. The number of fused-ring (bicyclic) bond motifs is 1. The lowest BCUT2D eigenvalue weighted by atomic mass is 9.74. The number of hydrogen-bond donors (Lipinski definition) is 4. The van der Waals surface area contributed by atoms with E-state index in [0.29, 0.717) is 64.5 Å². The highest BCUT2D eigenvalue weighted by atomic mass is 32.2. The Labute approximate surface area is 307 Å². The maximum atomic E-state index is 14.7. The van der Waals surface area contributed by atoms with E-state index in [1.54, 1.807) is 0 Å². The second-order valence-corrected chi connectivity index (χ2v) is 15.6. The van der Waals surface area contributed by atoms with Gasteiger partial charge in [-0.1, -0.05) is 72.8 Å². The Kier molecular flexibility index (Phi) is 13.6. The van der Waals surface area contributed by atoms with E-state index in [4.69, 9.17) is 0 Å². The van der Waals surface area contributed by atoms with Crippen LogP contribution in [0, 0.1) is 5.41 Å². The van der Waals surface area contributed by atoms with Gasteiger partial charge in [0.15, 0.2) is 0 Å². The molecule has 2 fully saturated rings. The fraction of sp³-hybridized carbons (Fsp3) is 0.512. The van der Waals surface area contributed by atoms with Gasteiger partial charge in [-0.05, 0) is 92.9 Å². The van der Waals surface area contributed by atoms with Gasteiger partial charge >= 0.3 is 0 Å². The zero-order valence-electron chi connectivity index (χ0n) is 30.4. The quantitative estimate of drug-likeness (QED) is 0.163. The molecule has 0 radical (unpaired) electrons. The van der Waals surface area contributed by atoms with Crippen LogP contribution in [0.4, 0.5) is 0 Å². The highest BCUT2D eigenvalue weighted by Gasteiger charge is 2.48. The van der Waals surface area contributed by atoms with Gasteiger partial charge in [0.05, 0.1) is 16.7 Å². The molecule has 1 aliphatic carbocycles. The summed E-state index contributed by atoms with van der Waals surface area (Å²) < 4.78 is -0.756. The number of carbonyl (C=O) groups excluding carboxylic acids is 4. The molecule has 0 aromatic heterocycles. The van der Waals surface area contributed by atoms with E-state index in [-0.39, 0.29) is 36.2 Å². The molecule has 3 aromatic carbocycles. The summed E-state index contributed by atoms with van der Waals surface area (Å²) in [5.74, 6) is -0.344. The lowest BCUT2D eigenvalue weighted by Gasteiger charge is -2.43. The summed E-state index contributed by atoms with van der Waals surface area (Å²) in [7, 11) is 0. The van der Waals surface area contributed by atoms with Crippen LogP contribution >= 0.6 is 11.8 Å². The van der Waals surface area contributed by atoms with Crippen LogP contribution in [0.1, 0.15) is 75.8 Å². The second-order valence-electron chi connectivity index (χ2n) is 14.4. The number of piperidine rings is 1. The van der Waals surface area contributed by atoms with Crippen molar-refractivity contribution in [1.82, 2.24) is 20.9 Å². The molecule has 1 heterocycles. The predicted molar refractivity (Wildman–Crippen MR) is 205 cm³/mol. The molecule has 0 spiro atoms. The van der Waals surface area contributed by atoms with Crippen molar-refractivity contribution in [3.05, 3.63) is 83.9 Å². The molecule has 1 saturated heterocycles. The molecule has 0 bridgehead atoms. The van der Waals surface area contributed by atoms with Crippen molar-refractivity contribution >= 4 is 46.2 Å². The molecule has 1 saturated carbocycles. The SMILES string of the molecule is CCNC(=O)[C@]1(Cc2ccccc2)CCCN(C(=O)[C@@H](Cc2ccc3ccccc3c2)NC(=O)C2(SC)CCC(NC(=O)CCCCC[NH3+])C2)C1. The summed E-state index contributed by atoms with van der Waals surface area (Å²) in [4.78, 5) is 57.3. The number of quaternary nitrogens is 1. The Bertz CT molecular complexity index is 1650. The van der Waals surface area contributed by atoms with E-state index in [1.807, 2.05) is 66.6 Å². The van der Waals surface area contributed by atoms with Crippen LogP contribution in [0.3, 0.4) is 0 Å². The molecule has 4 amide bonds. The highest BCUT2D eigenvalue weighted by molar-refractivity contribution is 8.00. The highest BCUT2D eigenvalue weighted by Crippen LogP contribution is 2.41. The Hall–Kier alpha value is -3.89. The molecule has 274 valence electrons. The van der Waals surface area contributed by atoms with Crippen LogP contribution < -0.4 is 21.7 Å². The van der Waals surface area contributed by atoms with Crippen LogP contribution in [0.15, 0.2) is 72.8 Å². The van der Waals surface area contributed by atoms with Gasteiger partial charge in [0.2, 0.25) is 23.6 Å². The van der Waals surface area contributed by atoms with Gasteiger partial charge in [-0.25, -0.2) is 0 Å². The molecule has 10 heteroatoms. The number of unbranched alkanes of at least 4 members (excludes halogenated alkanes) is 2. The zero-order chi connectivity index (χ0) is 36.3. The molecule has 1 aliphatic heterocycles. The summed E-state index contributed by atoms with van der Waals surface area (Å²) in [5, 5.41) is 11.6. The predicted octanol–water partition coefficient (Wildman–Crippen LogP) is 4.43. The van der Waals surface area contributed by atoms with Crippen molar-refractivity contribution in [2.24, 2.45) is 5.41 Å². The van der Waals surface area contributed by atoms with E-state index < -0.39 is 16.2 Å². The number of nitrogens with one attached hydrogen (secondary N) is 3. The van der Waals surface area contributed by atoms with Crippen molar-refractivity contribution in [2.45, 2.75) is 94.4 Å². The molecule has 3 aromatic rings. The first-order valence-corrected chi connectivity index (χ1v) is 20.0. The van der Waals surface area contributed by atoms with E-state index in [2.05, 4.69) is 45.9 Å². The van der Waals surface area contributed by atoms with Gasteiger partial charge in [-0.3, -0.25) is 19.2 Å². The third-order valence-corrected chi connectivity index (χ3v) is 12.1. The van der Waals surface area contributed by atoms with E-state index >= 15 is 0 Å². The van der Waals surface area contributed by atoms with E-state index in [1.165, 1.54) is 11.8 Å². The van der Waals surface area contributed by atoms with Crippen LogP contribution in [0.2, 0.25) is 0 Å². The standard InChI is InChI=1S/C41H55N5O4S/c1-3-43-38(49)40(27-30-13-6-4-7-14-30)21-12-24-46(29-40)37(48)35(26-31-18-19-32-15-9-10-16-33(32)25-31)45-39(50)41(51-2)22-20-34(28-41)44-36(47)17-8-5-11-23-42/h4,6-7,9-10,13-16,18-19,25,34-35H,3,5,8,11-12,17,20-24,26-29,42H2,1-2H3,(H,43,49)(H,44,47)(H,45,50)/p+1/t34?,35-,40+,41?/m1/s1. The van der Waals surface area contributed by atoms with Gasteiger partial charge in [0.25, 0.3) is 0 Å². The minimum Gasteiger partial charge on any atom is -0.358 e. The third-order valence-electron chi connectivity index (χ3n) is 10.7. The normalized spacial score (nSPS) is 22.3. The third kappa shape index (κ3) is 9.71. The smallest absolute Gasteiger partial charge is 0.245 e. The largest absolute Gasteiger partial charge is 0.358 e. The average molecular weight is 715 g/mol. The molecule has 2 aliphatic rings. The zero-order valence-corrected chi connectivity index (χ0v) is 31.2. The number of benzene rings is 3. The summed E-state index contributed by atoms with van der Waals surface area (Å²) in [6.45, 7) is 4.11. The molecular formula is C41H56N5O4S+. The van der Waals surface area contributed by atoms with Crippen LogP contribution in [0.5, 0.6) is 0 Å². The van der Waals surface area contributed by atoms with Gasteiger partial charge in [-0.2, -0.15) is 0 Å². The number of likely N-dealkylation sites (tertiary alicyclic amines) is 1. The minimum atomic E-state index is -0.814.